The zero-order chi connectivity index (χ0) is 28.6. The monoisotopic (exact) mass is 551 g/mol. The number of rotatable bonds is 5. The predicted molar refractivity (Wildman–Crippen MR) is 182 cm³/mol. The third-order valence-corrected chi connectivity index (χ3v) is 8.13. The largest absolute Gasteiger partial charge is 0.310 e. The number of fused-ring (bicyclic) bond motifs is 3. The number of anilines is 9. The van der Waals surface area contributed by atoms with Crippen molar-refractivity contribution in [3.8, 4) is 0 Å². The maximum Gasteiger partial charge on any atom is 0.0703 e. The summed E-state index contributed by atoms with van der Waals surface area (Å²) in [6, 6.07) is 62.6. The minimum atomic E-state index is 1.11. The molecule has 0 fully saturated rings. The van der Waals surface area contributed by atoms with Gasteiger partial charge >= 0.3 is 0 Å². The van der Waals surface area contributed by atoms with Gasteiger partial charge in [-0.25, -0.2) is 0 Å². The van der Waals surface area contributed by atoms with E-state index in [0.717, 1.165) is 51.2 Å². The molecule has 0 aromatic heterocycles. The molecule has 0 saturated heterocycles. The summed E-state index contributed by atoms with van der Waals surface area (Å²) in [6.45, 7) is 0. The van der Waals surface area contributed by atoms with Crippen molar-refractivity contribution >= 4 is 62.0 Å². The van der Waals surface area contributed by atoms with Gasteiger partial charge in [0.25, 0.3) is 0 Å². The zero-order valence-corrected chi connectivity index (χ0v) is 23.6. The van der Waals surface area contributed by atoms with Crippen LogP contribution >= 0.6 is 0 Å². The molecule has 1 heterocycles. The maximum absolute atomic E-state index is 2.37. The number of benzene rings is 7. The molecule has 0 radical (unpaired) electrons. The summed E-state index contributed by atoms with van der Waals surface area (Å²) in [6.07, 6.45) is 0. The lowest BCUT2D eigenvalue weighted by atomic mass is 10.0. The first-order valence-electron chi connectivity index (χ1n) is 14.6. The summed E-state index contributed by atoms with van der Waals surface area (Å²) >= 11 is 0. The molecule has 204 valence electrons. The Balaban J connectivity index is 1.26. The van der Waals surface area contributed by atoms with Crippen LogP contribution in [0.4, 0.5) is 51.2 Å². The van der Waals surface area contributed by atoms with Crippen LogP contribution in [0.5, 0.6) is 0 Å². The average molecular weight is 552 g/mol. The summed E-state index contributed by atoms with van der Waals surface area (Å²) < 4.78 is 0. The van der Waals surface area contributed by atoms with E-state index < -0.39 is 0 Å². The fourth-order valence-corrected chi connectivity index (χ4v) is 6.24. The van der Waals surface area contributed by atoms with Crippen LogP contribution < -0.4 is 14.7 Å². The number of para-hydroxylation sites is 6. The van der Waals surface area contributed by atoms with E-state index in [1.54, 1.807) is 0 Å². The van der Waals surface area contributed by atoms with Crippen LogP contribution in [0.2, 0.25) is 0 Å². The van der Waals surface area contributed by atoms with E-state index in [1.807, 2.05) is 0 Å². The minimum absolute atomic E-state index is 1.11. The highest BCUT2D eigenvalue weighted by Crippen LogP contribution is 2.54. The molecule has 0 aliphatic carbocycles. The van der Waals surface area contributed by atoms with Gasteiger partial charge in [-0.1, -0.05) is 97.1 Å². The second-order valence-corrected chi connectivity index (χ2v) is 10.7. The Kier molecular flexibility index (Phi) is 6.12. The Morgan fingerprint density at radius 3 is 1.37 bits per heavy atom. The van der Waals surface area contributed by atoms with Gasteiger partial charge in [0, 0.05) is 28.1 Å². The van der Waals surface area contributed by atoms with Crippen molar-refractivity contribution in [2.24, 2.45) is 0 Å². The lowest BCUT2D eigenvalue weighted by Crippen LogP contribution is -2.23. The highest BCUT2D eigenvalue weighted by molar-refractivity contribution is 6.02. The molecule has 1 aliphatic rings. The molecule has 0 atom stereocenters. The Morgan fingerprint density at radius 1 is 0.326 bits per heavy atom. The van der Waals surface area contributed by atoms with Crippen molar-refractivity contribution < 1.29 is 0 Å². The normalized spacial score (nSPS) is 12.1. The van der Waals surface area contributed by atoms with E-state index in [0.29, 0.717) is 0 Å². The number of hydrogen-bond acceptors (Lipinski definition) is 3. The Labute approximate surface area is 252 Å². The van der Waals surface area contributed by atoms with Gasteiger partial charge in [-0.2, -0.15) is 0 Å². The molecule has 0 spiro atoms. The van der Waals surface area contributed by atoms with Crippen LogP contribution in [0.25, 0.3) is 10.8 Å². The highest BCUT2D eigenvalue weighted by Gasteiger charge is 2.30. The fourth-order valence-electron chi connectivity index (χ4n) is 6.24. The Bertz CT molecular complexity index is 1980. The Hall–Kier alpha value is -5.80. The standard InChI is InChI=1S/C40H29N3/c1-3-16-31(17-4-1)41(36-25-13-15-30-14-7-8-20-35(30)36)33-26-28-34(29-27-33)43-39-23-11-9-21-37(39)42(32-18-5-2-6-19-32)38-22-10-12-24-40(38)43/h1-29H. The van der Waals surface area contributed by atoms with Gasteiger partial charge in [0.15, 0.2) is 0 Å². The van der Waals surface area contributed by atoms with E-state index in [2.05, 4.69) is 191 Å². The van der Waals surface area contributed by atoms with Crippen molar-refractivity contribution in [1.82, 2.24) is 0 Å². The molecule has 3 nitrogen and oxygen atoms in total. The van der Waals surface area contributed by atoms with Gasteiger partial charge in [-0.15, -0.1) is 0 Å². The molecule has 0 bridgehead atoms. The molecule has 7 aromatic carbocycles. The van der Waals surface area contributed by atoms with Crippen LogP contribution in [0.1, 0.15) is 0 Å². The molecule has 7 aromatic rings. The fraction of sp³-hybridized carbons (Fsp3) is 0. The smallest absolute Gasteiger partial charge is 0.0703 e. The van der Waals surface area contributed by atoms with Crippen molar-refractivity contribution in [3.05, 3.63) is 176 Å². The molecule has 43 heavy (non-hydrogen) atoms. The lowest BCUT2D eigenvalue weighted by molar-refractivity contribution is 1.17. The number of hydrogen-bond donors (Lipinski definition) is 0. The molecular weight excluding hydrogens is 522 g/mol. The molecule has 0 amide bonds. The van der Waals surface area contributed by atoms with Crippen LogP contribution in [0.15, 0.2) is 176 Å². The molecule has 0 saturated carbocycles. The molecule has 1 aliphatic heterocycles. The van der Waals surface area contributed by atoms with Crippen LogP contribution in [0, 0.1) is 0 Å². The minimum Gasteiger partial charge on any atom is -0.310 e. The molecule has 8 rings (SSSR count). The maximum atomic E-state index is 2.37. The van der Waals surface area contributed by atoms with Crippen molar-refractivity contribution in [1.29, 1.82) is 0 Å². The first-order valence-corrected chi connectivity index (χ1v) is 14.6. The first-order chi connectivity index (χ1) is 21.4. The molecule has 3 heteroatoms. The van der Waals surface area contributed by atoms with E-state index in [4.69, 9.17) is 0 Å². The predicted octanol–water partition coefficient (Wildman–Crippen LogP) is 11.6. The molecular formula is C40H29N3. The molecule has 0 N–H and O–H groups in total. The van der Waals surface area contributed by atoms with Crippen LogP contribution in [-0.4, -0.2) is 0 Å². The van der Waals surface area contributed by atoms with E-state index in [9.17, 15) is 0 Å². The third-order valence-electron chi connectivity index (χ3n) is 8.13. The topological polar surface area (TPSA) is 9.72 Å². The summed E-state index contributed by atoms with van der Waals surface area (Å²) in [7, 11) is 0. The average Bonchev–Trinajstić information content (AvgIpc) is 3.09. The van der Waals surface area contributed by atoms with Crippen LogP contribution in [0.3, 0.4) is 0 Å². The Morgan fingerprint density at radius 2 is 0.767 bits per heavy atom. The summed E-state index contributed by atoms with van der Waals surface area (Å²) in [5, 5.41) is 2.44. The van der Waals surface area contributed by atoms with Gasteiger partial charge in [0.05, 0.1) is 28.4 Å². The van der Waals surface area contributed by atoms with Gasteiger partial charge in [-0.05, 0) is 84.2 Å². The summed E-state index contributed by atoms with van der Waals surface area (Å²) in [4.78, 5) is 7.08. The zero-order valence-electron chi connectivity index (χ0n) is 23.6. The van der Waals surface area contributed by atoms with Crippen LogP contribution in [-0.2, 0) is 0 Å². The van der Waals surface area contributed by atoms with E-state index >= 15 is 0 Å². The SMILES string of the molecule is c1ccc(N2c3ccccc3N(c3ccc(N(c4ccccc4)c4cccc5ccccc45)cc3)c3ccccc32)cc1. The van der Waals surface area contributed by atoms with E-state index in [1.165, 1.54) is 10.8 Å². The lowest BCUT2D eigenvalue weighted by Gasteiger charge is -2.40. The first kappa shape index (κ1) is 25.0. The van der Waals surface area contributed by atoms with Gasteiger partial charge in [0.1, 0.15) is 0 Å². The summed E-state index contributed by atoms with van der Waals surface area (Å²) in [5.74, 6) is 0. The van der Waals surface area contributed by atoms with Crippen molar-refractivity contribution in [3.63, 3.8) is 0 Å². The second-order valence-electron chi connectivity index (χ2n) is 10.7. The summed E-state index contributed by atoms with van der Waals surface area (Å²) in [5.41, 5.74) is 10.2. The third kappa shape index (κ3) is 4.30. The highest BCUT2D eigenvalue weighted by atomic mass is 15.3. The second kappa shape index (κ2) is 10.6. The van der Waals surface area contributed by atoms with Crippen molar-refractivity contribution in [2.75, 3.05) is 14.7 Å². The number of nitrogens with zero attached hydrogens (tertiary/aromatic N) is 3. The van der Waals surface area contributed by atoms with Gasteiger partial charge in [-0.3, -0.25) is 0 Å². The van der Waals surface area contributed by atoms with Gasteiger partial charge in [0.2, 0.25) is 0 Å². The van der Waals surface area contributed by atoms with Gasteiger partial charge < -0.3 is 14.7 Å². The quantitative estimate of drug-likeness (QED) is 0.211. The van der Waals surface area contributed by atoms with E-state index in [-0.39, 0.29) is 0 Å². The van der Waals surface area contributed by atoms with Crippen molar-refractivity contribution in [2.45, 2.75) is 0 Å². The molecule has 0 unspecified atom stereocenters.